The van der Waals surface area contributed by atoms with Crippen molar-refractivity contribution in [2.45, 2.75) is 13.0 Å². The maximum Gasteiger partial charge on any atom is 0.243 e. The minimum absolute atomic E-state index is 0.0911. The van der Waals surface area contributed by atoms with Crippen LogP contribution in [0.2, 0.25) is 0 Å². The lowest BCUT2D eigenvalue weighted by atomic mass is 10.1. The number of hydrogen-bond acceptors (Lipinski definition) is 2. The van der Waals surface area contributed by atoms with Gasteiger partial charge in [-0.1, -0.05) is 24.8 Å². The van der Waals surface area contributed by atoms with Crippen molar-refractivity contribution < 1.29 is 9.53 Å². The van der Waals surface area contributed by atoms with Crippen LogP contribution in [0.15, 0.2) is 36.9 Å². The summed E-state index contributed by atoms with van der Waals surface area (Å²) >= 11 is 0. The van der Waals surface area contributed by atoms with E-state index in [4.69, 9.17) is 4.74 Å². The van der Waals surface area contributed by atoms with Crippen molar-refractivity contribution in [1.82, 2.24) is 5.32 Å². The van der Waals surface area contributed by atoms with Crippen LogP contribution in [0.25, 0.3) is 0 Å². The molecule has 1 amide bonds. The molecular formula is C12H15NO2. The van der Waals surface area contributed by atoms with Crippen LogP contribution in [0.3, 0.4) is 0 Å². The number of rotatable bonds is 4. The molecule has 0 saturated carbocycles. The van der Waals surface area contributed by atoms with E-state index < -0.39 is 0 Å². The predicted molar refractivity (Wildman–Crippen MR) is 59.7 cm³/mol. The van der Waals surface area contributed by atoms with Gasteiger partial charge in [0.25, 0.3) is 0 Å². The molecule has 0 aliphatic rings. The third-order valence-electron chi connectivity index (χ3n) is 2.15. The van der Waals surface area contributed by atoms with Crippen molar-refractivity contribution in [2.75, 3.05) is 7.11 Å². The molecule has 1 aromatic rings. The van der Waals surface area contributed by atoms with E-state index in [0.717, 1.165) is 11.3 Å². The molecule has 0 aromatic heterocycles. The number of hydrogen-bond donors (Lipinski definition) is 1. The minimum Gasteiger partial charge on any atom is -0.496 e. The normalized spacial score (nSPS) is 11.6. The molecule has 0 radical (unpaired) electrons. The highest BCUT2D eigenvalue weighted by atomic mass is 16.5. The topological polar surface area (TPSA) is 38.3 Å². The zero-order valence-electron chi connectivity index (χ0n) is 8.99. The van der Waals surface area contributed by atoms with Crippen molar-refractivity contribution in [1.29, 1.82) is 0 Å². The molecule has 1 rings (SSSR count). The highest BCUT2D eigenvalue weighted by Gasteiger charge is 2.11. The summed E-state index contributed by atoms with van der Waals surface area (Å²) in [4.78, 5) is 11.1. The predicted octanol–water partition coefficient (Wildman–Crippen LogP) is 2.06. The van der Waals surface area contributed by atoms with Crippen molar-refractivity contribution in [3.05, 3.63) is 42.5 Å². The SMILES string of the molecule is C=CC(=O)N[C@H](C)c1ccccc1OC. The van der Waals surface area contributed by atoms with E-state index in [1.165, 1.54) is 6.08 Å². The standard InChI is InChI=1S/C12H15NO2/c1-4-12(14)13-9(2)10-7-5-6-8-11(10)15-3/h4-9H,1H2,2-3H3,(H,13,14)/t9-/m1/s1. The summed E-state index contributed by atoms with van der Waals surface area (Å²) in [5, 5.41) is 2.78. The fraction of sp³-hybridized carbons (Fsp3) is 0.250. The molecule has 1 N–H and O–H groups in total. The molecule has 0 fully saturated rings. The molecular weight excluding hydrogens is 190 g/mol. The summed E-state index contributed by atoms with van der Waals surface area (Å²) in [6.45, 7) is 5.31. The van der Waals surface area contributed by atoms with E-state index >= 15 is 0 Å². The molecule has 3 nitrogen and oxygen atoms in total. The van der Waals surface area contributed by atoms with E-state index in [-0.39, 0.29) is 11.9 Å². The molecule has 0 heterocycles. The Bertz CT molecular complexity index is 360. The van der Waals surface area contributed by atoms with E-state index in [9.17, 15) is 4.79 Å². The number of para-hydroxylation sites is 1. The largest absolute Gasteiger partial charge is 0.496 e. The fourth-order valence-corrected chi connectivity index (χ4v) is 1.37. The number of ether oxygens (including phenoxy) is 1. The van der Waals surface area contributed by atoms with Gasteiger partial charge in [-0.25, -0.2) is 0 Å². The first-order valence-corrected chi connectivity index (χ1v) is 4.75. The Hall–Kier alpha value is -1.77. The molecule has 0 saturated heterocycles. The summed E-state index contributed by atoms with van der Waals surface area (Å²) in [5.74, 6) is 0.586. The quantitative estimate of drug-likeness (QED) is 0.764. The second kappa shape index (κ2) is 5.20. The van der Waals surface area contributed by atoms with Gasteiger partial charge in [-0.05, 0) is 19.1 Å². The van der Waals surface area contributed by atoms with Crippen LogP contribution < -0.4 is 10.1 Å². The van der Waals surface area contributed by atoms with Gasteiger partial charge >= 0.3 is 0 Å². The van der Waals surface area contributed by atoms with Crippen molar-refractivity contribution in [2.24, 2.45) is 0 Å². The summed E-state index contributed by atoms with van der Waals surface area (Å²) < 4.78 is 5.20. The summed E-state index contributed by atoms with van der Waals surface area (Å²) in [6.07, 6.45) is 1.26. The molecule has 1 aromatic carbocycles. The molecule has 0 unspecified atom stereocenters. The summed E-state index contributed by atoms with van der Waals surface area (Å²) in [5.41, 5.74) is 0.954. The number of amides is 1. The number of carbonyl (C=O) groups excluding carboxylic acids is 1. The number of methoxy groups -OCH3 is 1. The number of carbonyl (C=O) groups is 1. The van der Waals surface area contributed by atoms with Gasteiger partial charge in [0.05, 0.1) is 13.2 Å². The Morgan fingerprint density at radius 1 is 1.53 bits per heavy atom. The molecule has 0 spiro atoms. The Morgan fingerprint density at radius 2 is 2.20 bits per heavy atom. The van der Waals surface area contributed by atoms with Gasteiger partial charge in [0.15, 0.2) is 0 Å². The average molecular weight is 205 g/mol. The Morgan fingerprint density at radius 3 is 2.80 bits per heavy atom. The van der Waals surface area contributed by atoms with Crippen molar-refractivity contribution >= 4 is 5.91 Å². The van der Waals surface area contributed by atoms with Gasteiger partial charge in [0, 0.05) is 5.56 Å². The highest BCUT2D eigenvalue weighted by Crippen LogP contribution is 2.23. The third kappa shape index (κ3) is 2.84. The zero-order valence-corrected chi connectivity index (χ0v) is 8.99. The minimum atomic E-state index is -0.187. The highest BCUT2D eigenvalue weighted by molar-refractivity contribution is 5.87. The fourth-order valence-electron chi connectivity index (χ4n) is 1.37. The third-order valence-corrected chi connectivity index (χ3v) is 2.15. The molecule has 0 bridgehead atoms. The molecule has 0 aliphatic heterocycles. The van der Waals surface area contributed by atoms with E-state index in [0.29, 0.717) is 0 Å². The summed E-state index contributed by atoms with van der Waals surface area (Å²) in [7, 11) is 1.61. The molecule has 3 heteroatoms. The van der Waals surface area contributed by atoms with Gasteiger partial charge in [-0.2, -0.15) is 0 Å². The number of benzene rings is 1. The lowest BCUT2D eigenvalue weighted by molar-refractivity contribution is -0.117. The van der Waals surface area contributed by atoms with Gasteiger partial charge in [-0.3, -0.25) is 4.79 Å². The molecule has 15 heavy (non-hydrogen) atoms. The van der Waals surface area contributed by atoms with Crippen LogP contribution in [0, 0.1) is 0 Å². The monoisotopic (exact) mass is 205 g/mol. The van der Waals surface area contributed by atoms with Gasteiger partial charge < -0.3 is 10.1 Å². The molecule has 1 atom stereocenters. The van der Waals surface area contributed by atoms with E-state index in [1.807, 2.05) is 31.2 Å². The van der Waals surface area contributed by atoms with Crippen LogP contribution in [-0.4, -0.2) is 13.0 Å². The van der Waals surface area contributed by atoms with Gasteiger partial charge in [0.1, 0.15) is 5.75 Å². The Labute approximate surface area is 89.8 Å². The first kappa shape index (κ1) is 11.3. The number of nitrogens with one attached hydrogen (secondary N) is 1. The lowest BCUT2D eigenvalue weighted by Crippen LogP contribution is -2.24. The Balaban J connectivity index is 2.85. The average Bonchev–Trinajstić information content (AvgIpc) is 2.28. The lowest BCUT2D eigenvalue weighted by Gasteiger charge is -2.15. The summed E-state index contributed by atoms with van der Waals surface area (Å²) in [6, 6.07) is 7.50. The van der Waals surface area contributed by atoms with Crippen LogP contribution >= 0.6 is 0 Å². The smallest absolute Gasteiger partial charge is 0.243 e. The second-order valence-electron chi connectivity index (χ2n) is 3.18. The first-order valence-electron chi connectivity index (χ1n) is 4.75. The second-order valence-corrected chi connectivity index (χ2v) is 3.18. The van der Waals surface area contributed by atoms with E-state index in [2.05, 4.69) is 11.9 Å². The van der Waals surface area contributed by atoms with Crippen LogP contribution in [-0.2, 0) is 4.79 Å². The molecule has 0 aliphatic carbocycles. The van der Waals surface area contributed by atoms with Crippen molar-refractivity contribution in [3.8, 4) is 5.75 Å². The Kier molecular flexibility index (Phi) is 3.92. The van der Waals surface area contributed by atoms with E-state index in [1.54, 1.807) is 7.11 Å². The van der Waals surface area contributed by atoms with Crippen LogP contribution in [0.5, 0.6) is 5.75 Å². The maximum absolute atomic E-state index is 11.1. The zero-order chi connectivity index (χ0) is 11.3. The van der Waals surface area contributed by atoms with Crippen molar-refractivity contribution in [3.63, 3.8) is 0 Å². The van der Waals surface area contributed by atoms with Crippen LogP contribution in [0.1, 0.15) is 18.5 Å². The first-order chi connectivity index (χ1) is 7.19. The van der Waals surface area contributed by atoms with Crippen LogP contribution in [0.4, 0.5) is 0 Å². The molecule has 80 valence electrons. The van der Waals surface area contributed by atoms with Gasteiger partial charge in [-0.15, -0.1) is 0 Å². The maximum atomic E-state index is 11.1. The van der Waals surface area contributed by atoms with Gasteiger partial charge in [0.2, 0.25) is 5.91 Å².